The maximum atomic E-state index is 13.0. The lowest BCUT2D eigenvalue weighted by Crippen LogP contribution is -2.30. The zero-order valence-electron chi connectivity index (χ0n) is 28.7. The van der Waals surface area contributed by atoms with Crippen LogP contribution in [0.2, 0.25) is 0 Å². The summed E-state index contributed by atoms with van der Waals surface area (Å²) in [5.41, 5.74) is -0.703. The molecule has 2 aromatic carbocycles. The van der Waals surface area contributed by atoms with Crippen LogP contribution in [-0.2, 0) is 27.2 Å². The van der Waals surface area contributed by atoms with Gasteiger partial charge in [-0.25, -0.2) is 12.7 Å². The van der Waals surface area contributed by atoms with Crippen LogP contribution in [0.4, 0.5) is 11.4 Å². The van der Waals surface area contributed by atoms with Crippen LogP contribution >= 0.6 is 23.1 Å². The quantitative estimate of drug-likeness (QED) is 0.0277. The van der Waals surface area contributed by atoms with E-state index < -0.39 is 46.3 Å². The molecule has 13 nitrogen and oxygen atoms in total. The van der Waals surface area contributed by atoms with Gasteiger partial charge in [-0.3, -0.25) is 24.8 Å². The molecule has 0 aliphatic carbocycles. The molecule has 17 heteroatoms. The van der Waals surface area contributed by atoms with E-state index in [0.717, 1.165) is 29.1 Å². The largest absolute Gasteiger partial charge is 0.301 e. The van der Waals surface area contributed by atoms with Crippen molar-refractivity contribution in [2.45, 2.75) is 111 Å². The Morgan fingerprint density at radius 3 is 1.82 bits per heavy atom. The number of aryl methyl sites for hydroxylation is 1. The molecule has 0 saturated carbocycles. The highest BCUT2D eigenvalue weighted by Gasteiger charge is 2.27. The third-order valence-electron chi connectivity index (χ3n) is 8.10. The molecule has 0 aliphatic heterocycles. The summed E-state index contributed by atoms with van der Waals surface area (Å²) in [6, 6.07) is 7.32. The first-order valence-electron chi connectivity index (χ1n) is 16.5. The number of sulfonamides is 1. The van der Waals surface area contributed by atoms with Crippen LogP contribution in [0.1, 0.15) is 96.8 Å². The third kappa shape index (κ3) is 13.5. The first kappa shape index (κ1) is 42.5. The van der Waals surface area contributed by atoms with E-state index in [0.29, 0.717) is 23.6 Å². The molecule has 3 rings (SSSR count). The summed E-state index contributed by atoms with van der Waals surface area (Å²) in [5.74, 6) is 0. The van der Waals surface area contributed by atoms with E-state index in [1.807, 2.05) is 25.4 Å². The summed E-state index contributed by atoms with van der Waals surface area (Å²) in [7, 11) is -4.52. The molecule has 0 radical (unpaired) electrons. The highest BCUT2D eigenvalue weighted by Crippen LogP contribution is 2.29. The minimum atomic E-state index is -4.79. The molecule has 3 aromatic rings. The minimum Gasteiger partial charge on any atom is -0.282 e. The SMILES string of the molecule is CCCCCCCCCCCCCCCCN(C)S(=O)(=O)c1ccc2sc(SC)[n+](C)c2c1.O=[N+]([O-])c1ccc(S(=O)(=O)O)c([N+](=O)[O-])c1. The Balaban J connectivity index is 0.000000435. The van der Waals surface area contributed by atoms with Crippen LogP contribution in [0.15, 0.2) is 50.5 Å². The van der Waals surface area contributed by atoms with Gasteiger partial charge in [-0.1, -0.05) is 102 Å². The van der Waals surface area contributed by atoms with Gasteiger partial charge < -0.3 is 0 Å². The summed E-state index contributed by atoms with van der Waals surface area (Å²) in [6.07, 6.45) is 20.4. The van der Waals surface area contributed by atoms with Gasteiger partial charge in [0.15, 0.2) is 4.90 Å². The Bertz CT molecular complexity index is 1750. The average Bonchev–Trinajstić information content (AvgIpc) is 3.38. The van der Waals surface area contributed by atoms with E-state index >= 15 is 0 Å². The monoisotopic (exact) mass is 761 g/mol. The smallest absolute Gasteiger partial charge is 0.282 e. The maximum absolute atomic E-state index is 13.0. The summed E-state index contributed by atoms with van der Waals surface area (Å²) < 4.78 is 62.1. The Morgan fingerprint density at radius 1 is 0.816 bits per heavy atom. The van der Waals surface area contributed by atoms with Crippen LogP contribution in [0.25, 0.3) is 10.2 Å². The van der Waals surface area contributed by atoms with Crippen LogP contribution in [0.5, 0.6) is 0 Å². The highest BCUT2D eigenvalue weighted by molar-refractivity contribution is 8.00. The number of aromatic nitrogens is 1. The number of thioether (sulfide) groups is 1. The van der Waals surface area contributed by atoms with Gasteiger partial charge in [0.25, 0.3) is 15.7 Å². The van der Waals surface area contributed by atoms with Crippen molar-refractivity contribution in [2.75, 3.05) is 19.8 Å². The highest BCUT2D eigenvalue weighted by atomic mass is 32.2. The van der Waals surface area contributed by atoms with Crippen molar-refractivity contribution >= 4 is 64.8 Å². The third-order valence-corrected chi connectivity index (χ3v) is 13.2. The zero-order valence-corrected chi connectivity index (χ0v) is 32.0. The molecular formula is C32H49N4O9S4+. The second-order valence-corrected chi connectivity index (χ2v) is 17.3. The van der Waals surface area contributed by atoms with Crippen molar-refractivity contribution < 1.29 is 35.8 Å². The number of non-ortho nitro benzene ring substituents is 1. The van der Waals surface area contributed by atoms with Crippen LogP contribution in [-0.4, -0.2) is 55.4 Å². The zero-order chi connectivity index (χ0) is 36.6. The summed E-state index contributed by atoms with van der Waals surface area (Å²) in [6.45, 7) is 2.86. The lowest BCUT2D eigenvalue weighted by Gasteiger charge is -2.17. The van der Waals surface area contributed by atoms with Gasteiger partial charge in [-0.05, 0) is 42.6 Å². The van der Waals surface area contributed by atoms with Crippen molar-refractivity contribution in [1.82, 2.24) is 4.31 Å². The van der Waals surface area contributed by atoms with Gasteiger partial charge in [0.2, 0.25) is 15.5 Å². The number of benzene rings is 2. The second-order valence-electron chi connectivity index (χ2n) is 11.8. The van der Waals surface area contributed by atoms with Crippen molar-refractivity contribution in [1.29, 1.82) is 0 Å². The molecule has 0 aliphatic rings. The van der Waals surface area contributed by atoms with Crippen molar-refractivity contribution in [3.8, 4) is 0 Å². The molecule has 0 unspecified atom stereocenters. The van der Waals surface area contributed by atoms with E-state index in [4.69, 9.17) is 4.55 Å². The fourth-order valence-electron chi connectivity index (χ4n) is 5.25. The predicted molar refractivity (Wildman–Crippen MR) is 194 cm³/mol. The van der Waals surface area contributed by atoms with E-state index in [9.17, 15) is 37.1 Å². The van der Waals surface area contributed by atoms with E-state index in [1.165, 1.54) is 85.7 Å². The van der Waals surface area contributed by atoms with E-state index in [1.54, 1.807) is 36.2 Å². The molecule has 0 atom stereocenters. The molecule has 0 saturated heterocycles. The summed E-state index contributed by atoms with van der Waals surface area (Å²) >= 11 is 3.39. The number of nitrogens with zero attached hydrogens (tertiary/aromatic N) is 4. The molecule has 274 valence electrons. The number of nitro groups is 2. The summed E-state index contributed by atoms with van der Waals surface area (Å²) in [5, 5.41) is 20.8. The average molecular weight is 762 g/mol. The molecule has 1 N–H and O–H groups in total. The molecule has 1 aromatic heterocycles. The van der Waals surface area contributed by atoms with Gasteiger partial charge in [-0.15, -0.1) is 0 Å². The molecule has 0 bridgehead atoms. The number of rotatable bonds is 21. The standard InChI is InChI=1S/C26H45N2O2S3.C6H4N2O7S/c1-5-6-7-8-9-10-11-12-13-14-15-16-17-18-21-27(2)33(29,30)23-19-20-25-24(22-23)28(3)26(31-4)32-25;9-7(10)4-1-2-6(16(13,14)15)5(3-4)8(11)12/h19-20,22H,5-18,21H2,1-4H3;1-3H,(H,13,14,15)/q+1;. The lowest BCUT2D eigenvalue weighted by molar-refractivity contribution is -0.676. The van der Waals surface area contributed by atoms with Gasteiger partial charge in [0.1, 0.15) is 11.7 Å². The van der Waals surface area contributed by atoms with E-state index in [2.05, 4.69) is 11.5 Å². The number of fused-ring (bicyclic) bond motifs is 1. The molecule has 1 heterocycles. The Hall–Kier alpha value is -2.70. The maximum Gasteiger partial charge on any atom is 0.301 e. The fraction of sp³-hybridized carbons (Fsp3) is 0.594. The van der Waals surface area contributed by atoms with Gasteiger partial charge in [-0.2, -0.15) is 13.0 Å². The van der Waals surface area contributed by atoms with Crippen LogP contribution in [0.3, 0.4) is 0 Å². The van der Waals surface area contributed by atoms with Crippen molar-refractivity contribution in [2.24, 2.45) is 7.05 Å². The second kappa shape index (κ2) is 20.8. The Labute approximate surface area is 298 Å². The summed E-state index contributed by atoms with van der Waals surface area (Å²) in [4.78, 5) is 18.1. The number of unbranched alkanes of at least 4 members (excludes halogenated alkanes) is 13. The van der Waals surface area contributed by atoms with E-state index in [-0.39, 0.29) is 0 Å². The van der Waals surface area contributed by atoms with Gasteiger partial charge in [0, 0.05) is 25.7 Å². The lowest BCUT2D eigenvalue weighted by atomic mass is 10.0. The number of hydrogen-bond donors (Lipinski definition) is 1. The van der Waals surface area contributed by atoms with Crippen LogP contribution in [0, 0.1) is 20.2 Å². The van der Waals surface area contributed by atoms with Gasteiger partial charge >= 0.3 is 10.1 Å². The van der Waals surface area contributed by atoms with Crippen LogP contribution < -0.4 is 4.57 Å². The Morgan fingerprint density at radius 2 is 1.35 bits per heavy atom. The number of nitro benzene ring substituents is 2. The van der Waals surface area contributed by atoms with Crippen molar-refractivity contribution in [3.05, 3.63) is 56.6 Å². The minimum absolute atomic E-state index is 0.393. The fourth-order valence-corrected chi connectivity index (χ4v) is 8.96. The Kier molecular flexibility index (Phi) is 18.1. The van der Waals surface area contributed by atoms with Crippen molar-refractivity contribution in [3.63, 3.8) is 0 Å². The molecule has 0 spiro atoms. The first-order valence-corrected chi connectivity index (χ1v) is 21.4. The normalized spacial score (nSPS) is 11.9. The topological polar surface area (TPSA) is 182 Å². The molecule has 0 amide bonds. The molecular weight excluding hydrogens is 713 g/mol. The first-order chi connectivity index (χ1) is 23.1. The van der Waals surface area contributed by atoms with Gasteiger partial charge in [0.05, 0.1) is 20.8 Å². The number of hydrogen-bond acceptors (Lipinski definition) is 10. The molecule has 0 fully saturated rings. The predicted octanol–water partition coefficient (Wildman–Crippen LogP) is 8.30. The molecule has 49 heavy (non-hydrogen) atoms. The number of thiazole rings is 1.